The number of rotatable bonds is 3. The number of aryl methyl sites for hydroxylation is 2. The average molecular weight is 419 g/mol. The lowest BCUT2D eigenvalue weighted by atomic mass is 10.0. The molecule has 0 N–H and O–H groups in total. The molecule has 0 amide bonds. The maximum Gasteiger partial charge on any atom is 0.123 e. The zero-order valence-electron chi connectivity index (χ0n) is 11.5. The number of halogens is 3. The fourth-order valence-corrected chi connectivity index (χ4v) is 3.55. The number of ether oxygens (including phenoxy) is 1. The highest BCUT2D eigenvalue weighted by Crippen LogP contribution is 2.42. The molecule has 0 aliphatic rings. The Labute approximate surface area is 141 Å². The lowest BCUT2D eigenvalue weighted by Crippen LogP contribution is -1.99. The van der Waals surface area contributed by atoms with Gasteiger partial charge in [-0.15, -0.1) is 0 Å². The van der Waals surface area contributed by atoms with Crippen LogP contribution in [0.1, 0.15) is 27.1 Å². The molecule has 2 aromatic rings. The summed E-state index contributed by atoms with van der Waals surface area (Å²) in [5, 5.41) is 0.785. The predicted molar refractivity (Wildman–Crippen MR) is 92.4 cm³/mol. The second-order valence-corrected chi connectivity index (χ2v) is 6.83. The third-order valence-corrected chi connectivity index (χ3v) is 5.64. The van der Waals surface area contributed by atoms with Crippen LogP contribution in [0.15, 0.2) is 34.8 Å². The first-order chi connectivity index (χ1) is 9.45. The third-order valence-electron chi connectivity index (χ3n) is 3.28. The van der Waals surface area contributed by atoms with Crippen molar-refractivity contribution in [2.45, 2.75) is 18.7 Å². The van der Waals surface area contributed by atoms with Gasteiger partial charge >= 0.3 is 0 Å². The van der Waals surface area contributed by atoms with E-state index in [-0.39, 0.29) is 4.83 Å². The number of hydrogen-bond acceptors (Lipinski definition) is 1. The second kappa shape index (κ2) is 6.50. The first kappa shape index (κ1) is 15.9. The first-order valence-electron chi connectivity index (χ1n) is 6.18. The van der Waals surface area contributed by atoms with E-state index in [1.807, 2.05) is 38.1 Å². The van der Waals surface area contributed by atoms with Crippen LogP contribution in [0, 0.1) is 13.8 Å². The molecule has 0 heterocycles. The molecule has 2 rings (SSSR count). The summed E-state index contributed by atoms with van der Waals surface area (Å²) in [5.41, 5.74) is 4.30. The molecule has 1 unspecified atom stereocenters. The van der Waals surface area contributed by atoms with E-state index in [0.717, 1.165) is 37.5 Å². The monoisotopic (exact) mass is 416 g/mol. The minimum absolute atomic E-state index is 0.0123. The van der Waals surface area contributed by atoms with Crippen LogP contribution in [0.2, 0.25) is 5.02 Å². The van der Waals surface area contributed by atoms with Gasteiger partial charge in [-0.05, 0) is 42.7 Å². The van der Waals surface area contributed by atoms with E-state index in [9.17, 15) is 0 Å². The summed E-state index contributed by atoms with van der Waals surface area (Å²) in [5.74, 6) is 0.852. The summed E-state index contributed by atoms with van der Waals surface area (Å²) in [7, 11) is 1.68. The SMILES string of the molecule is COc1cc(C)c(Br)cc1C(Br)c1cccc(C)c1Cl. The zero-order chi connectivity index (χ0) is 14.9. The normalized spacial score (nSPS) is 12.3. The van der Waals surface area contributed by atoms with Gasteiger partial charge in [0, 0.05) is 15.1 Å². The number of benzene rings is 2. The maximum atomic E-state index is 6.42. The van der Waals surface area contributed by atoms with Gasteiger partial charge in [0.25, 0.3) is 0 Å². The van der Waals surface area contributed by atoms with Crippen molar-refractivity contribution < 1.29 is 4.74 Å². The Kier molecular flexibility index (Phi) is 5.16. The summed E-state index contributed by atoms with van der Waals surface area (Å²) in [6.07, 6.45) is 0. The van der Waals surface area contributed by atoms with Crippen molar-refractivity contribution in [2.75, 3.05) is 7.11 Å². The van der Waals surface area contributed by atoms with Crippen LogP contribution in [0.4, 0.5) is 0 Å². The minimum atomic E-state index is -0.0123. The van der Waals surface area contributed by atoms with Gasteiger partial charge in [-0.1, -0.05) is 61.7 Å². The molecule has 4 heteroatoms. The molecule has 0 fully saturated rings. The van der Waals surface area contributed by atoms with E-state index in [1.165, 1.54) is 0 Å². The van der Waals surface area contributed by atoms with Crippen molar-refractivity contribution in [3.8, 4) is 5.75 Å². The molecular formula is C16H15Br2ClO. The van der Waals surface area contributed by atoms with Crippen LogP contribution >= 0.6 is 43.5 Å². The third kappa shape index (κ3) is 3.05. The molecular weight excluding hydrogens is 403 g/mol. The van der Waals surface area contributed by atoms with Gasteiger partial charge < -0.3 is 4.74 Å². The summed E-state index contributed by atoms with van der Waals surface area (Å²) in [6, 6.07) is 10.2. The molecule has 2 aromatic carbocycles. The van der Waals surface area contributed by atoms with Gasteiger partial charge in [0.15, 0.2) is 0 Å². The zero-order valence-corrected chi connectivity index (χ0v) is 15.4. The highest BCUT2D eigenvalue weighted by molar-refractivity contribution is 9.10. The van der Waals surface area contributed by atoms with Crippen molar-refractivity contribution in [3.63, 3.8) is 0 Å². The lowest BCUT2D eigenvalue weighted by molar-refractivity contribution is 0.410. The Morgan fingerprint density at radius 3 is 2.45 bits per heavy atom. The Morgan fingerprint density at radius 2 is 1.80 bits per heavy atom. The molecule has 1 atom stereocenters. The van der Waals surface area contributed by atoms with Crippen LogP contribution < -0.4 is 4.74 Å². The average Bonchev–Trinajstić information content (AvgIpc) is 2.43. The number of methoxy groups -OCH3 is 1. The molecule has 0 radical (unpaired) electrons. The van der Waals surface area contributed by atoms with E-state index in [4.69, 9.17) is 16.3 Å². The molecule has 20 heavy (non-hydrogen) atoms. The van der Waals surface area contributed by atoms with Gasteiger partial charge in [0.2, 0.25) is 0 Å². The van der Waals surface area contributed by atoms with Crippen molar-refractivity contribution in [2.24, 2.45) is 0 Å². The van der Waals surface area contributed by atoms with Crippen LogP contribution in [0.25, 0.3) is 0 Å². The Balaban J connectivity index is 2.55. The van der Waals surface area contributed by atoms with E-state index in [2.05, 4.69) is 37.9 Å². The molecule has 0 saturated carbocycles. The highest BCUT2D eigenvalue weighted by Gasteiger charge is 2.19. The number of hydrogen-bond donors (Lipinski definition) is 0. The van der Waals surface area contributed by atoms with Gasteiger partial charge in [-0.25, -0.2) is 0 Å². The fourth-order valence-electron chi connectivity index (χ4n) is 2.08. The maximum absolute atomic E-state index is 6.42. The lowest BCUT2D eigenvalue weighted by Gasteiger charge is -2.18. The van der Waals surface area contributed by atoms with Gasteiger partial charge in [0.1, 0.15) is 5.75 Å². The van der Waals surface area contributed by atoms with E-state index in [0.29, 0.717) is 0 Å². The van der Waals surface area contributed by atoms with Crippen molar-refractivity contribution in [3.05, 3.63) is 62.1 Å². The molecule has 0 spiro atoms. The smallest absolute Gasteiger partial charge is 0.123 e. The van der Waals surface area contributed by atoms with E-state index < -0.39 is 0 Å². The summed E-state index contributed by atoms with van der Waals surface area (Å²) in [4.78, 5) is -0.0123. The van der Waals surface area contributed by atoms with E-state index in [1.54, 1.807) is 7.11 Å². The number of alkyl halides is 1. The quantitative estimate of drug-likeness (QED) is 0.538. The first-order valence-corrected chi connectivity index (χ1v) is 8.27. The van der Waals surface area contributed by atoms with E-state index >= 15 is 0 Å². The standard InChI is InChI=1S/C16H15Br2ClO/c1-9-5-4-6-11(16(9)19)15(18)12-8-13(17)10(2)7-14(12)20-3/h4-8,15H,1-3H3. The Morgan fingerprint density at radius 1 is 1.10 bits per heavy atom. The van der Waals surface area contributed by atoms with Crippen molar-refractivity contribution in [1.29, 1.82) is 0 Å². The fraction of sp³-hybridized carbons (Fsp3) is 0.250. The molecule has 0 aliphatic carbocycles. The largest absolute Gasteiger partial charge is 0.496 e. The molecule has 0 bridgehead atoms. The highest BCUT2D eigenvalue weighted by atomic mass is 79.9. The van der Waals surface area contributed by atoms with Crippen LogP contribution in [-0.4, -0.2) is 7.11 Å². The molecule has 0 aromatic heterocycles. The summed E-state index contributed by atoms with van der Waals surface area (Å²) in [6.45, 7) is 4.05. The van der Waals surface area contributed by atoms with Crippen molar-refractivity contribution in [1.82, 2.24) is 0 Å². The minimum Gasteiger partial charge on any atom is -0.496 e. The van der Waals surface area contributed by atoms with Crippen LogP contribution in [0.3, 0.4) is 0 Å². The van der Waals surface area contributed by atoms with Gasteiger partial charge in [-0.3, -0.25) is 0 Å². The van der Waals surface area contributed by atoms with Crippen LogP contribution in [0.5, 0.6) is 5.75 Å². The topological polar surface area (TPSA) is 9.23 Å². The summed E-state index contributed by atoms with van der Waals surface area (Å²) < 4.78 is 6.56. The molecule has 106 valence electrons. The van der Waals surface area contributed by atoms with Crippen LogP contribution in [-0.2, 0) is 0 Å². The van der Waals surface area contributed by atoms with Crippen molar-refractivity contribution >= 4 is 43.5 Å². The molecule has 0 aliphatic heterocycles. The van der Waals surface area contributed by atoms with Gasteiger partial charge in [-0.2, -0.15) is 0 Å². The Bertz CT molecular complexity index is 641. The predicted octanol–water partition coefficient (Wildman–Crippen LogP) is 6.21. The summed E-state index contributed by atoms with van der Waals surface area (Å²) >= 11 is 13.7. The molecule has 0 saturated heterocycles. The second-order valence-electron chi connectivity index (χ2n) is 4.68. The van der Waals surface area contributed by atoms with Gasteiger partial charge in [0.05, 0.1) is 11.9 Å². The molecule has 1 nitrogen and oxygen atoms in total. The Hall–Kier alpha value is -0.510.